The minimum Gasteiger partial charge on any atom is -0.493 e. The van der Waals surface area contributed by atoms with Crippen LogP contribution in [0.15, 0.2) is 60.2 Å². The number of urea groups is 1. The van der Waals surface area contributed by atoms with E-state index in [0.717, 1.165) is 21.3 Å². The molecule has 0 unspecified atom stereocenters. The van der Waals surface area contributed by atoms with E-state index < -0.39 is 6.03 Å². The molecule has 164 valence electrons. The third kappa shape index (κ3) is 5.10. The van der Waals surface area contributed by atoms with E-state index in [1.54, 1.807) is 36.4 Å². The van der Waals surface area contributed by atoms with Crippen LogP contribution in [-0.2, 0) is 0 Å². The number of carbonyl (C=O) groups is 1. The first-order valence-electron chi connectivity index (χ1n) is 9.75. The molecule has 0 aliphatic rings. The van der Waals surface area contributed by atoms with Crippen LogP contribution in [0.3, 0.4) is 0 Å². The molecule has 0 spiro atoms. The molecule has 2 heterocycles. The molecule has 0 bridgehead atoms. The third-order valence-corrected chi connectivity index (χ3v) is 5.42. The second-order valence-corrected chi connectivity index (χ2v) is 7.55. The number of nitrogens with two attached hydrogens (primary N) is 1. The van der Waals surface area contributed by atoms with Crippen LogP contribution in [0.5, 0.6) is 11.6 Å². The van der Waals surface area contributed by atoms with Gasteiger partial charge in [0.15, 0.2) is 0 Å². The Morgan fingerprint density at radius 1 is 1.03 bits per heavy atom. The Kier molecular flexibility index (Phi) is 6.73. The SMILES string of the molecule is NNC(=O)Nc1ccc(OCCCOc2ncnc3scc(-c4ccc(F)cc4)c23)cc1. The number of nitrogens with one attached hydrogen (secondary N) is 2. The zero-order chi connectivity index (χ0) is 22.3. The normalized spacial score (nSPS) is 10.7. The van der Waals surface area contributed by atoms with Gasteiger partial charge >= 0.3 is 6.03 Å². The zero-order valence-corrected chi connectivity index (χ0v) is 17.7. The fourth-order valence-corrected chi connectivity index (χ4v) is 3.93. The number of thiophene rings is 1. The molecule has 32 heavy (non-hydrogen) atoms. The van der Waals surface area contributed by atoms with E-state index in [1.165, 1.54) is 29.8 Å². The van der Waals surface area contributed by atoms with Gasteiger partial charge in [-0.05, 0) is 42.0 Å². The lowest BCUT2D eigenvalue weighted by molar-refractivity contribution is 0.244. The van der Waals surface area contributed by atoms with Gasteiger partial charge in [0.2, 0.25) is 5.88 Å². The summed E-state index contributed by atoms with van der Waals surface area (Å²) in [6, 6.07) is 12.7. The number of benzene rings is 2. The maximum absolute atomic E-state index is 13.3. The molecular weight excluding hydrogens is 433 g/mol. The molecule has 2 aromatic carbocycles. The highest BCUT2D eigenvalue weighted by Crippen LogP contribution is 2.37. The van der Waals surface area contributed by atoms with Crippen LogP contribution in [-0.4, -0.2) is 29.2 Å². The average Bonchev–Trinajstić information content (AvgIpc) is 3.25. The molecule has 0 aliphatic heterocycles. The first-order valence-corrected chi connectivity index (χ1v) is 10.6. The smallest absolute Gasteiger partial charge is 0.333 e. The summed E-state index contributed by atoms with van der Waals surface area (Å²) in [6.45, 7) is 0.847. The number of amides is 2. The van der Waals surface area contributed by atoms with Gasteiger partial charge in [-0.2, -0.15) is 0 Å². The van der Waals surface area contributed by atoms with Crippen molar-refractivity contribution >= 4 is 33.3 Å². The predicted molar refractivity (Wildman–Crippen MR) is 121 cm³/mol. The van der Waals surface area contributed by atoms with Crippen LogP contribution in [0.2, 0.25) is 0 Å². The lowest BCUT2D eigenvalue weighted by Gasteiger charge is -2.10. The fraction of sp³-hybridized carbons (Fsp3) is 0.136. The number of nitrogens with zero attached hydrogens (tertiary/aromatic N) is 2. The quantitative estimate of drug-likeness (QED) is 0.158. The number of anilines is 1. The van der Waals surface area contributed by atoms with Crippen LogP contribution in [0.1, 0.15) is 6.42 Å². The number of hydrogen-bond acceptors (Lipinski definition) is 7. The average molecular weight is 453 g/mol. The van der Waals surface area contributed by atoms with Crippen molar-refractivity contribution < 1.29 is 18.7 Å². The predicted octanol–water partition coefficient (Wildman–Crippen LogP) is 4.34. The van der Waals surface area contributed by atoms with Crippen molar-refractivity contribution in [3.05, 3.63) is 66.1 Å². The summed E-state index contributed by atoms with van der Waals surface area (Å²) in [4.78, 5) is 20.6. The first-order chi connectivity index (χ1) is 15.6. The van der Waals surface area contributed by atoms with E-state index in [-0.39, 0.29) is 5.82 Å². The van der Waals surface area contributed by atoms with E-state index in [1.807, 2.05) is 10.8 Å². The Labute approximate surface area is 187 Å². The number of ether oxygens (including phenoxy) is 2. The Morgan fingerprint density at radius 2 is 1.78 bits per heavy atom. The van der Waals surface area contributed by atoms with Crippen molar-refractivity contribution in [1.82, 2.24) is 15.4 Å². The van der Waals surface area contributed by atoms with Crippen LogP contribution in [0.4, 0.5) is 14.9 Å². The molecule has 0 fully saturated rings. The van der Waals surface area contributed by atoms with Crippen molar-refractivity contribution in [3.8, 4) is 22.8 Å². The van der Waals surface area contributed by atoms with Gasteiger partial charge in [0.1, 0.15) is 22.7 Å². The van der Waals surface area contributed by atoms with Crippen molar-refractivity contribution in [1.29, 1.82) is 0 Å². The van der Waals surface area contributed by atoms with Gasteiger partial charge in [0.25, 0.3) is 0 Å². The summed E-state index contributed by atoms with van der Waals surface area (Å²) in [5.74, 6) is 5.91. The summed E-state index contributed by atoms with van der Waals surface area (Å²) < 4.78 is 24.9. The second kappa shape index (κ2) is 10.0. The largest absolute Gasteiger partial charge is 0.493 e. The summed E-state index contributed by atoms with van der Waals surface area (Å²) in [6.07, 6.45) is 2.11. The molecule has 0 radical (unpaired) electrons. The molecule has 4 aromatic rings. The lowest BCUT2D eigenvalue weighted by Crippen LogP contribution is -2.34. The van der Waals surface area contributed by atoms with Crippen molar-refractivity contribution in [2.24, 2.45) is 5.84 Å². The van der Waals surface area contributed by atoms with Crippen molar-refractivity contribution in [2.45, 2.75) is 6.42 Å². The van der Waals surface area contributed by atoms with Crippen molar-refractivity contribution in [2.75, 3.05) is 18.5 Å². The van der Waals surface area contributed by atoms with Crippen molar-refractivity contribution in [3.63, 3.8) is 0 Å². The summed E-state index contributed by atoms with van der Waals surface area (Å²) in [5, 5.41) is 5.35. The molecule has 0 saturated heterocycles. The standard InChI is InChI=1S/C22H20FN5O3S/c23-15-4-2-14(3-5-15)18-12-32-21-19(18)20(25-13-26-21)31-11-1-10-30-17-8-6-16(7-9-17)27-22(29)28-24/h2-9,12-13H,1,10-11,24H2,(H2,27,28,29). The molecule has 2 aromatic heterocycles. The molecule has 8 nitrogen and oxygen atoms in total. The number of fused-ring (bicyclic) bond motifs is 1. The van der Waals surface area contributed by atoms with Gasteiger partial charge in [-0.25, -0.2) is 25.0 Å². The number of carbonyl (C=O) groups excluding carboxylic acids is 1. The van der Waals surface area contributed by atoms with Crippen LogP contribution in [0.25, 0.3) is 21.3 Å². The van der Waals surface area contributed by atoms with Gasteiger partial charge in [-0.3, -0.25) is 5.43 Å². The summed E-state index contributed by atoms with van der Waals surface area (Å²) in [5.41, 5.74) is 4.38. The highest BCUT2D eigenvalue weighted by atomic mass is 32.1. The van der Waals surface area contributed by atoms with E-state index in [2.05, 4.69) is 15.3 Å². The highest BCUT2D eigenvalue weighted by molar-refractivity contribution is 7.17. The minimum atomic E-state index is -0.497. The fourth-order valence-electron chi connectivity index (χ4n) is 3.02. The molecule has 0 atom stereocenters. The highest BCUT2D eigenvalue weighted by Gasteiger charge is 2.14. The molecule has 10 heteroatoms. The first kappa shape index (κ1) is 21.5. The van der Waals surface area contributed by atoms with Gasteiger partial charge in [0, 0.05) is 23.1 Å². The molecule has 0 saturated carbocycles. The second-order valence-electron chi connectivity index (χ2n) is 6.69. The van der Waals surface area contributed by atoms with Crippen LogP contribution in [0, 0.1) is 5.82 Å². The summed E-state index contributed by atoms with van der Waals surface area (Å²) in [7, 11) is 0. The number of halogens is 1. The molecule has 2 amide bonds. The van der Waals surface area contributed by atoms with Gasteiger partial charge in [-0.1, -0.05) is 12.1 Å². The maximum atomic E-state index is 13.3. The Hall–Kier alpha value is -3.76. The minimum absolute atomic E-state index is 0.284. The third-order valence-electron chi connectivity index (χ3n) is 4.53. The topological polar surface area (TPSA) is 111 Å². The van der Waals surface area contributed by atoms with Gasteiger partial charge < -0.3 is 14.8 Å². The Bertz CT molecular complexity index is 1200. The molecular formula is C22H20FN5O3S. The molecule has 4 N–H and O–H groups in total. The number of hydrogen-bond donors (Lipinski definition) is 3. The monoisotopic (exact) mass is 453 g/mol. The van der Waals surface area contributed by atoms with Crippen LogP contribution < -0.4 is 26.1 Å². The van der Waals surface area contributed by atoms with Gasteiger partial charge in [-0.15, -0.1) is 11.3 Å². The van der Waals surface area contributed by atoms with Gasteiger partial charge in [0.05, 0.1) is 18.6 Å². The van der Waals surface area contributed by atoms with E-state index in [4.69, 9.17) is 15.3 Å². The van der Waals surface area contributed by atoms with E-state index in [0.29, 0.717) is 37.0 Å². The van der Waals surface area contributed by atoms with Crippen LogP contribution >= 0.6 is 11.3 Å². The lowest BCUT2D eigenvalue weighted by atomic mass is 10.1. The Balaban J connectivity index is 1.33. The number of aromatic nitrogens is 2. The Morgan fingerprint density at radius 3 is 2.53 bits per heavy atom. The zero-order valence-electron chi connectivity index (χ0n) is 16.9. The number of hydrazine groups is 1. The maximum Gasteiger partial charge on any atom is 0.333 e. The number of rotatable bonds is 8. The molecule has 0 aliphatic carbocycles. The van der Waals surface area contributed by atoms with E-state index >= 15 is 0 Å². The summed E-state index contributed by atoms with van der Waals surface area (Å²) >= 11 is 1.49. The van der Waals surface area contributed by atoms with E-state index in [9.17, 15) is 9.18 Å². The molecule has 4 rings (SSSR count).